The van der Waals surface area contributed by atoms with Gasteiger partial charge in [-0.05, 0) is 24.3 Å². The summed E-state index contributed by atoms with van der Waals surface area (Å²) < 4.78 is 28.7. The predicted octanol–water partition coefficient (Wildman–Crippen LogP) is 0.669. The van der Waals surface area contributed by atoms with E-state index in [0.29, 0.717) is 11.3 Å². The SMILES string of the molecule is CCS(=O)(=O)[C@H](CO)/C(=N\O)c1ccc(OC)cc1. The van der Waals surface area contributed by atoms with Crippen LogP contribution in [0.25, 0.3) is 0 Å². The lowest BCUT2D eigenvalue weighted by Gasteiger charge is -2.15. The number of aliphatic hydroxyl groups excluding tert-OH is 1. The van der Waals surface area contributed by atoms with Crippen LogP contribution in [-0.2, 0) is 9.84 Å². The summed E-state index contributed by atoms with van der Waals surface area (Å²) in [5.41, 5.74) is 0.339. The minimum Gasteiger partial charge on any atom is -0.497 e. The topological polar surface area (TPSA) is 96.2 Å². The van der Waals surface area contributed by atoms with Gasteiger partial charge in [-0.2, -0.15) is 0 Å². The van der Waals surface area contributed by atoms with Crippen LogP contribution in [0.5, 0.6) is 5.75 Å². The summed E-state index contributed by atoms with van der Waals surface area (Å²) in [6.07, 6.45) is 0. The number of hydrogen-bond donors (Lipinski definition) is 2. The van der Waals surface area contributed by atoms with Crippen molar-refractivity contribution in [2.75, 3.05) is 19.5 Å². The number of hydrogen-bond acceptors (Lipinski definition) is 6. The fraction of sp³-hybridized carbons (Fsp3) is 0.417. The molecule has 19 heavy (non-hydrogen) atoms. The second-order valence-corrected chi connectivity index (χ2v) is 6.31. The fourth-order valence-electron chi connectivity index (χ4n) is 1.64. The lowest BCUT2D eigenvalue weighted by Crippen LogP contribution is -2.35. The van der Waals surface area contributed by atoms with E-state index in [1.807, 2.05) is 0 Å². The van der Waals surface area contributed by atoms with Gasteiger partial charge in [-0.25, -0.2) is 8.42 Å². The molecule has 2 N–H and O–H groups in total. The molecule has 1 rings (SSSR count). The maximum atomic E-state index is 11.9. The Morgan fingerprint density at radius 2 is 1.95 bits per heavy atom. The Morgan fingerprint density at radius 3 is 2.32 bits per heavy atom. The quantitative estimate of drug-likeness (QED) is 0.455. The van der Waals surface area contributed by atoms with Crippen LogP contribution in [-0.4, -0.2) is 49.2 Å². The van der Waals surface area contributed by atoms with Crippen molar-refractivity contribution in [2.24, 2.45) is 5.16 Å². The Morgan fingerprint density at radius 1 is 1.37 bits per heavy atom. The average Bonchev–Trinajstić information content (AvgIpc) is 2.44. The molecule has 0 heterocycles. The zero-order chi connectivity index (χ0) is 14.5. The highest BCUT2D eigenvalue weighted by molar-refractivity contribution is 7.92. The Kier molecular flexibility index (Phi) is 5.31. The molecule has 0 fully saturated rings. The molecule has 0 bridgehead atoms. The number of nitrogens with zero attached hydrogens (tertiary/aromatic N) is 1. The molecule has 1 aromatic carbocycles. The molecule has 0 aliphatic rings. The third-order valence-electron chi connectivity index (χ3n) is 2.80. The maximum Gasteiger partial charge on any atom is 0.161 e. The maximum absolute atomic E-state index is 11.9. The molecule has 0 aliphatic carbocycles. The predicted molar refractivity (Wildman–Crippen MR) is 71.7 cm³/mol. The smallest absolute Gasteiger partial charge is 0.161 e. The van der Waals surface area contributed by atoms with E-state index in [9.17, 15) is 13.5 Å². The van der Waals surface area contributed by atoms with Crippen molar-refractivity contribution < 1.29 is 23.5 Å². The molecular weight excluding hydrogens is 270 g/mol. The molecule has 1 atom stereocenters. The number of oxime groups is 1. The lowest BCUT2D eigenvalue weighted by atomic mass is 10.1. The van der Waals surface area contributed by atoms with E-state index in [0.717, 1.165) is 0 Å². The third kappa shape index (κ3) is 3.45. The van der Waals surface area contributed by atoms with Crippen LogP contribution in [0.1, 0.15) is 12.5 Å². The molecule has 6 nitrogen and oxygen atoms in total. The summed E-state index contributed by atoms with van der Waals surface area (Å²) in [5.74, 6) is 0.452. The Hall–Kier alpha value is -1.60. The lowest BCUT2D eigenvalue weighted by molar-refractivity contribution is 0.296. The van der Waals surface area contributed by atoms with E-state index < -0.39 is 21.7 Å². The molecule has 0 saturated carbocycles. The summed E-state index contributed by atoms with van der Waals surface area (Å²) in [4.78, 5) is 0. The van der Waals surface area contributed by atoms with Gasteiger partial charge in [0.1, 0.15) is 16.7 Å². The molecule has 106 valence electrons. The summed E-state index contributed by atoms with van der Waals surface area (Å²) in [6.45, 7) is 0.836. The van der Waals surface area contributed by atoms with Crippen molar-refractivity contribution in [3.05, 3.63) is 29.8 Å². The molecule has 0 aliphatic heterocycles. The standard InChI is InChI=1S/C12H17NO5S/c1-3-19(16,17)11(8-14)12(13-15)9-4-6-10(18-2)7-5-9/h4-7,11,14-15H,3,8H2,1-2H3/b13-12-/t11-/m1/s1. The first-order valence-electron chi connectivity index (χ1n) is 5.69. The minimum atomic E-state index is -3.56. The van der Waals surface area contributed by atoms with E-state index >= 15 is 0 Å². The van der Waals surface area contributed by atoms with Gasteiger partial charge in [-0.15, -0.1) is 0 Å². The summed E-state index contributed by atoms with van der Waals surface area (Å²) >= 11 is 0. The van der Waals surface area contributed by atoms with Gasteiger partial charge in [0.2, 0.25) is 0 Å². The van der Waals surface area contributed by atoms with Crippen molar-refractivity contribution >= 4 is 15.5 Å². The molecule has 0 saturated heterocycles. The van der Waals surface area contributed by atoms with Gasteiger partial charge >= 0.3 is 0 Å². The second-order valence-electron chi connectivity index (χ2n) is 3.84. The largest absolute Gasteiger partial charge is 0.497 e. The molecule has 0 spiro atoms. The van der Waals surface area contributed by atoms with Gasteiger partial charge in [0, 0.05) is 11.3 Å². The highest BCUT2D eigenvalue weighted by atomic mass is 32.2. The van der Waals surface area contributed by atoms with Crippen molar-refractivity contribution in [3.63, 3.8) is 0 Å². The van der Waals surface area contributed by atoms with Crippen LogP contribution in [0.4, 0.5) is 0 Å². The van der Waals surface area contributed by atoms with Crippen LogP contribution < -0.4 is 4.74 Å². The van der Waals surface area contributed by atoms with Gasteiger partial charge in [0.15, 0.2) is 9.84 Å². The fourth-order valence-corrected chi connectivity index (χ4v) is 2.79. The summed E-state index contributed by atoms with van der Waals surface area (Å²) in [7, 11) is -2.05. The number of aliphatic hydroxyl groups is 1. The summed E-state index contributed by atoms with van der Waals surface area (Å²) in [6, 6.07) is 6.38. The zero-order valence-electron chi connectivity index (χ0n) is 10.8. The summed E-state index contributed by atoms with van der Waals surface area (Å²) in [5, 5.41) is 20.1. The molecule has 0 unspecified atom stereocenters. The second kappa shape index (κ2) is 6.53. The highest BCUT2D eigenvalue weighted by Crippen LogP contribution is 2.16. The Balaban J connectivity index is 3.19. The van der Waals surface area contributed by atoms with E-state index in [1.165, 1.54) is 14.0 Å². The van der Waals surface area contributed by atoms with Gasteiger partial charge < -0.3 is 15.1 Å². The van der Waals surface area contributed by atoms with Crippen molar-refractivity contribution in [2.45, 2.75) is 12.2 Å². The van der Waals surface area contributed by atoms with E-state index in [1.54, 1.807) is 24.3 Å². The monoisotopic (exact) mass is 287 g/mol. The van der Waals surface area contributed by atoms with Crippen molar-refractivity contribution in [3.8, 4) is 5.75 Å². The van der Waals surface area contributed by atoms with Crippen LogP contribution >= 0.6 is 0 Å². The zero-order valence-corrected chi connectivity index (χ0v) is 11.6. The molecule has 0 aromatic heterocycles. The van der Waals surface area contributed by atoms with Gasteiger partial charge in [-0.3, -0.25) is 0 Å². The minimum absolute atomic E-state index is 0.0768. The average molecular weight is 287 g/mol. The van der Waals surface area contributed by atoms with Crippen molar-refractivity contribution in [1.82, 2.24) is 0 Å². The number of ether oxygens (including phenoxy) is 1. The van der Waals surface area contributed by atoms with Gasteiger partial charge in [0.25, 0.3) is 0 Å². The molecule has 1 aromatic rings. The van der Waals surface area contributed by atoms with Crippen LogP contribution in [0.2, 0.25) is 0 Å². The molecule has 0 amide bonds. The van der Waals surface area contributed by atoms with Crippen molar-refractivity contribution in [1.29, 1.82) is 0 Å². The molecular formula is C12H17NO5S. The number of sulfone groups is 1. The number of methoxy groups -OCH3 is 1. The Bertz CT molecular complexity index is 536. The van der Waals surface area contributed by atoms with Gasteiger partial charge in [0.05, 0.1) is 13.7 Å². The number of benzene rings is 1. The van der Waals surface area contributed by atoms with E-state index in [4.69, 9.17) is 9.94 Å². The van der Waals surface area contributed by atoms with Crippen LogP contribution in [0, 0.1) is 0 Å². The first kappa shape index (κ1) is 15.5. The Labute approximate surface area is 112 Å². The highest BCUT2D eigenvalue weighted by Gasteiger charge is 2.30. The van der Waals surface area contributed by atoms with E-state index in [2.05, 4.69) is 5.16 Å². The normalized spacial score (nSPS) is 14.2. The van der Waals surface area contributed by atoms with Crippen LogP contribution in [0.3, 0.4) is 0 Å². The van der Waals surface area contributed by atoms with E-state index in [-0.39, 0.29) is 11.5 Å². The number of rotatable bonds is 6. The first-order valence-corrected chi connectivity index (χ1v) is 7.40. The van der Waals surface area contributed by atoms with Gasteiger partial charge in [-0.1, -0.05) is 12.1 Å². The molecule has 7 heteroatoms. The first-order chi connectivity index (χ1) is 9.00. The third-order valence-corrected chi connectivity index (χ3v) is 4.84. The molecule has 0 radical (unpaired) electrons. The van der Waals surface area contributed by atoms with Crippen LogP contribution in [0.15, 0.2) is 29.4 Å².